The molecule has 0 unspecified atom stereocenters. The first-order valence-corrected chi connectivity index (χ1v) is 16.3. The second-order valence-corrected chi connectivity index (χ2v) is 12.5. The molecule has 2 nitrogen and oxygen atoms in total. The molecule has 0 aliphatic rings. The van der Waals surface area contributed by atoms with Gasteiger partial charge in [0.15, 0.2) is 0 Å². The van der Waals surface area contributed by atoms with Crippen molar-refractivity contribution in [2.75, 3.05) is 0 Å². The summed E-state index contributed by atoms with van der Waals surface area (Å²) in [6.45, 7) is 0. The van der Waals surface area contributed by atoms with Crippen LogP contribution in [0.3, 0.4) is 0 Å². The minimum Gasteiger partial charge on any atom is -0.464 e. The van der Waals surface area contributed by atoms with Gasteiger partial charge in [0.05, 0.1) is 6.26 Å². The number of furan rings is 2. The maximum absolute atomic E-state index is 6.54. The number of benzene rings is 8. The van der Waals surface area contributed by atoms with Crippen molar-refractivity contribution >= 4 is 54.5 Å². The Kier molecular flexibility index (Phi) is 5.91. The third-order valence-corrected chi connectivity index (χ3v) is 9.75. The molecule has 0 atom stereocenters. The summed E-state index contributed by atoms with van der Waals surface area (Å²) in [6, 6.07) is 58.4. The minimum absolute atomic E-state index is 0.824. The average Bonchev–Trinajstić information content (AvgIpc) is 3.73. The topological polar surface area (TPSA) is 26.3 Å². The maximum atomic E-state index is 6.54. The van der Waals surface area contributed by atoms with Gasteiger partial charge in [-0.25, -0.2) is 0 Å². The molecule has 0 N–H and O–H groups in total. The lowest BCUT2D eigenvalue weighted by Gasteiger charge is -2.18. The molecular formula is C46H28O2. The minimum atomic E-state index is 0.824. The van der Waals surface area contributed by atoms with Crippen LogP contribution in [0.1, 0.15) is 0 Å². The van der Waals surface area contributed by atoms with Gasteiger partial charge in [0, 0.05) is 27.8 Å². The van der Waals surface area contributed by atoms with Gasteiger partial charge in [0.25, 0.3) is 0 Å². The molecule has 2 heterocycles. The van der Waals surface area contributed by atoms with Gasteiger partial charge < -0.3 is 8.83 Å². The van der Waals surface area contributed by atoms with Gasteiger partial charge >= 0.3 is 0 Å². The number of fused-ring (bicyclic) bond motifs is 6. The van der Waals surface area contributed by atoms with Crippen LogP contribution in [0.15, 0.2) is 179 Å². The molecule has 224 valence electrons. The van der Waals surface area contributed by atoms with Gasteiger partial charge in [-0.2, -0.15) is 0 Å². The molecule has 0 spiro atoms. The molecule has 10 rings (SSSR count). The SMILES string of the molecule is c1ccc(-c2ccc(-c3c4ccccc4c(-c4ccc5c(c4)oc4cc6occ(-c7ccccc7)c6cc45)c4ccccc34)cc2)cc1. The van der Waals surface area contributed by atoms with Crippen LogP contribution in [0.5, 0.6) is 0 Å². The van der Waals surface area contributed by atoms with E-state index in [1.54, 1.807) is 0 Å². The second kappa shape index (κ2) is 10.6. The highest BCUT2D eigenvalue weighted by Crippen LogP contribution is 2.45. The first-order chi connectivity index (χ1) is 23.8. The van der Waals surface area contributed by atoms with Gasteiger partial charge in [0.2, 0.25) is 0 Å². The monoisotopic (exact) mass is 612 g/mol. The zero-order valence-corrected chi connectivity index (χ0v) is 26.0. The lowest BCUT2D eigenvalue weighted by molar-refractivity contribution is 0.614. The Morgan fingerprint density at radius 1 is 0.292 bits per heavy atom. The summed E-state index contributed by atoms with van der Waals surface area (Å²) < 4.78 is 12.6. The fraction of sp³-hybridized carbons (Fsp3) is 0. The summed E-state index contributed by atoms with van der Waals surface area (Å²) in [7, 11) is 0. The molecule has 0 aliphatic carbocycles. The van der Waals surface area contributed by atoms with Crippen molar-refractivity contribution in [3.8, 4) is 44.5 Å². The summed E-state index contributed by atoms with van der Waals surface area (Å²) in [4.78, 5) is 0. The van der Waals surface area contributed by atoms with E-state index in [1.807, 2.05) is 18.4 Å². The Labute approximate surface area is 277 Å². The third-order valence-electron chi connectivity index (χ3n) is 9.75. The van der Waals surface area contributed by atoms with Crippen molar-refractivity contribution in [3.05, 3.63) is 170 Å². The summed E-state index contributed by atoms with van der Waals surface area (Å²) in [6.07, 6.45) is 1.84. The Morgan fingerprint density at radius 3 is 1.44 bits per heavy atom. The summed E-state index contributed by atoms with van der Waals surface area (Å²) in [5.74, 6) is 0. The van der Waals surface area contributed by atoms with Crippen LogP contribution in [0.2, 0.25) is 0 Å². The predicted molar refractivity (Wildman–Crippen MR) is 200 cm³/mol. The van der Waals surface area contributed by atoms with E-state index in [0.29, 0.717) is 0 Å². The van der Waals surface area contributed by atoms with Crippen LogP contribution < -0.4 is 0 Å². The lowest BCUT2D eigenvalue weighted by Crippen LogP contribution is -1.91. The molecular weight excluding hydrogens is 585 g/mol. The fourth-order valence-electron chi connectivity index (χ4n) is 7.50. The Bertz CT molecular complexity index is 2750. The van der Waals surface area contributed by atoms with E-state index < -0.39 is 0 Å². The maximum Gasteiger partial charge on any atom is 0.139 e. The van der Waals surface area contributed by atoms with E-state index in [1.165, 1.54) is 49.4 Å². The molecule has 0 aliphatic heterocycles. The van der Waals surface area contributed by atoms with Crippen LogP contribution in [0, 0.1) is 0 Å². The Balaban J connectivity index is 1.16. The van der Waals surface area contributed by atoms with Gasteiger partial charge in [-0.15, -0.1) is 0 Å². The zero-order valence-electron chi connectivity index (χ0n) is 26.0. The van der Waals surface area contributed by atoms with Crippen molar-refractivity contribution in [1.82, 2.24) is 0 Å². The van der Waals surface area contributed by atoms with Crippen molar-refractivity contribution in [2.45, 2.75) is 0 Å². The molecule has 0 fully saturated rings. The molecule has 8 aromatic carbocycles. The summed E-state index contributed by atoms with van der Waals surface area (Å²) in [5.41, 5.74) is 12.0. The van der Waals surface area contributed by atoms with E-state index in [0.717, 1.165) is 49.6 Å². The molecule has 2 heteroatoms. The van der Waals surface area contributed by atoms with Crippen LogP contribution in [-0.4, -0.2) is 0 Å². The van der Waals surface area contributed by atoms with E-state index in [-0.39, 0.29) is 0 Å². The lowest BCUT2D eigenvalue weighted by atomic mass is 9.85. The van der Waals surface area contributed by atoms with Crippen LogP contribution >= 0.6 is 0 Å². The number of hydrogen-bond acceptors (Lipinski definition) is 2. The summed E-state index contributed by atoms with van der Waals surface area (Å²) in [5, 5.41) is 8.18. The highest BCUT2D eigenvalue weighted by Gasteiger charge is 2.19. The molecule has 0 radical (unpaired) electrons. The first kappa shape index (κ1) is 26.8. The second-order valence-electron chi connectivity index (χ2n) is 12.5. The van der Waals surface area contributed by atoms with Gasteiger partial charge in [-0.3, -0.25) is 0 Å². The molecule has 0 amide bonds. The van der Waals surface area contributed by atoms with Gasteiger partial charge in [-0.1, -0.05) is 140 Å². The van der Waals surface area contributed by atoms with Gasteiger partial charge in [-0.05, 0) is 78.7 Å². The van der Waals surface area contributed by atoms with Crippen LogP contribution in [0.25, 0.3) is 99.0 Å². The van der Waals surface area contributed by atoms with Crippen molar-refractivity contribution in [3.63, 3.8) is 0 Å². The normalized spacial score (nSPS) is 11.8. The highest BCUT2D eigenvalue weighted by atomic mass is 16.3. The van der Waals surface area contributed by atoms with Crippen molar-refractivity contribution in [1.29, 1.82) is 0 Å². The predicted octanol–water partition coefficient (Wildman–Crippen LogP) is 13.3. The summed E-state index contributed by atoms with van der Waals surface area (Å²) >= 11 is 0. The quantitative estimate of drug-likeness (QED) is 0.185. The van der Waals surface area contributed by atoms with Crippen molar-refractivity contribution < 1.29 is 8.83 Å². The molecule has 48 heavy (non-hydrogen) atoms. The zero-order chi connectivity index (χ0) is 31.6. The van der Waals surface area contributed by atoms with E-state index in [4.69, 9.17) is 8.83 Å². The van der Waals surface area contributed by atoms with E-state index >= 15 is 0 Å². The molecule has 0 bridgehead atoms. The first-order valence-electron chi connectivity index (χ1n) is 16.3. The standard InChI is InChI=1S/C46H28O2/c1-3-11-29(12-4-1)30-19-21-32(22-20-30)45-35-15-7-9-17-37(35)46(38-18-10-8-16-36(38)45)33-23-24-34-39-26-40-41(31-13-5-2-6-14-31)28-47-42(40)27-44(39)48-43(34)25-33/h1-28H. The van der Waals surface area contributed by atoms with Crippen LogP contribution in [0.4, 0.5) is 0 Å². The number of rotatable bonds is 4. The fourth-order valence-corrected chi connectivity index (χ4v) is 7.50. The Hall–Kier alpha value is -6.38. The molecule has 10 aromatic rings. The van der Waals surface area contributed by atoms with Gasteiger partial charge in [0.1, 0.15) is 16.7 Å². The Morgan fingerprint density at radius 2 is 0.792 bits per heavy atom. The number of hydrogen-bond donors (Lipinski definition) is 0. The van der Waals surface area contributed by atoms with E-state index in [9.17, 15) is 0 Å². The molecule has 0 saturated carbocycles. The molecule has 2 aromatic heterocycles. The smallest absolute Gasteiger partial charge is 0.139 e. The molecule has 0 saturated heterocycles. The highest BCUT2D eigenvalue weighted by molar-refractivity contribution is 6.22. The largest absolute Gasteiger partial charge is 0.464 e. The third kappa shape index (κ3) is 4.13. The van der Waals surface area contributed by atoms with E-state index in [2.05, 4.69) is 152 Å². The van der Waals surface area contributed by atoms with Crippen molar-refractivity contribution in [2.24, 2.45) is 0 Å². The average molecular weight is 613 g/mol. The van der Waals surface area contributed by atoms with Crippen LogP contribution in [-0.2, 0) is 0 Å².